The molecule has 2 rings (SSSR count). The summed E-state index contributed by atoms with van der Waals surface area (Å²) >= 11 is 1.60. The SMILES string of the molecule is Cc1nc(C)c([C@H](C)NC(=O)Nc2cccnc2)s1. The Morgan fingerprint density at radius 2 is 2.21 bits per heavy atom. The van der Waals surface area contributed by atoms with Crippen molar-refractivity contribution in [3.8, 4) is 0 Å². The van der Waals surface area contributed by atoms with Gasteiger partial charge in [-0.05, 0) is 32.9 Å². The number of aryl methyl sites for hydroxylation is 2. The van der Waals surface area contributed by atoms with E-state index in [9.17, 15) is 4.79 Å². The van der Waals surface area contributed by atoms with Gasteiger partial charge in [-0.1, -0.05) is 0 Å². The van der Waals surface area contributed by atoms with E-state index < -0.39 is 0 Å². The Hall–Kier alpha value is -1.95. The van der Waals surface area contributed by atoms with Crippen LogP contribution in [0.3, 0.4) is 0 Å². The van der Waals surface area contributed by atoms with Gasteiger partial charge in [0, 0.05) is 11.1 Å². The molecule has 2 heterocycles. The number of hydrogen-bond acceptors (Lipinski definition) is 4. The predicted molar refractivity (Wildman–Crippen MR) is 76.4 cm³/mol. The minimum Gasteiger partial charge on any atom is -0.330 e. The topological polar surface area (TPSA) is 66.9 Å². The normalized spacial score (nSPS) is 11.9. The number of nitrogens with zero attached hydrogens (tertiary/aromatic N) is 2. The Bertz CT molecular complexity index is 567. The van der Waals surface area contributed by atoms with Crippen LogP contribution in [0.2, 0.25) is 0 Å². The van der Waals surface area contributed by atoms with Gasteiger partial charge in [-0.3, -0.25) is 4.98 Å². The van der Waals surface area contributed by atoms with Gasteiger partial charge in [0.1, 0.15) is 0 Å². The highest BCUT2D eigenvalue weighted by Crippen LogP contribution is 2.24. The summed E-state index contributed by atoms with van der Waals surface area (Å²) in [4.78, 5) is 21.2. The fourth-order valence-corrected chi connectivity index (χ4v) is 2.74. The quantitative estimate of drug-likeness (QED) is 0.905. The van der Waals surface area contributed by atoms with Gasteiger partial charge in [0.2, 0.25) is 0 Å². The zero-order chi connectivity index (χ0) is 13.8. The Morgan fingerprint density at radius 1 is 1.42 bits per heavy atom. The van der Waals surface area contributed by atoms with Gasteiger partial charge in [-0.25, -0.2) is 9.78 Å². The number of rotatable bonds is 3. The molecular weight excluding hydrogens is 260 g/mol. The van der Waals surface area contributed by atoms with Crippen molar-refractivity contribution in [2.45, 2.75) is 26.8 Å². The van der Waals surface area contributed by atoms with Crippen molar-refractivity contribution in [1.82, 2.24) is 15.3 Å². The molecule has 0 aliphatic rings. The summed E-state index contributed by atoms with van der Waals surface area (Å²) < 4.78 is 0. The fourth-order valence-electron chi connectivity index (χ4n) is 1.81. The first-order valence-electron chi connectivity index (χ1n) is 5.97. The molecule has 0 fully saturated rings. The summed E-state index contributed by atoms with van der Waals surface area (Å²) in [5.74, 6) is 0. The summed E-state index contributed by atoms with van der Waals surface area (Å²) in [7, 11) is 0. The van der Waals surface area contributed by atoms with E-state index in [1.54, 1.807) is 35.9 Å². The van der Waals surface area contributed by atoms with Gasteiger partial charge < -0.3 is 10.6 Å². The largest absolute Gasteiger partial charge is 0.330 e. The van der Waals surface area contributed by atoms with Gasteiger partial charge in [0.15, 0.2) is 0 Å². The summed E-state index contributed by atoms with van der Waals surface area (Å²) in [6, 6.07) is 3.25. The molecule has 0 saturated heterocycles. The van der Waals surface area contributed by atoms with Crippen molar-refractivity contribution in [1.29, 1.82) is 0 Å². The van der Waals surface area contributed by atoms with Crippen LogP contribution < -0.4 is 10.6 Å². The standard InChI is InChI=1S/C13H16N4OS/c1-8-12(19-10(3)15-8)9(2)16-13(18)17-11-5-4-6-14-7-11/h4-7,9H,1-3H3,(H2,16,17,18)/t9-/m0/s1. The fraction of sp³-hybridized carbons (Fsp3) is 0.308. The minimum atomic E-state index is -0.244. The van der Waals surface area contributed by atoms with Crippen molar-refractivity contribution in [3.05, 3.63) is 40.1 Å². The number of carbonyl (C=O) groups excluding carboxylic acids is 1. The maximum atomic E-state index is 11.8. The first-order chi connectivity index (χ1) is 9.06. The first kappa shape index (κ1) is 13.5. The van der Waals surface area contributed by atoms with Crippen LogP contribution in [0, 0.1) is 13.8 Å². The highest BCUT2D eigenvalue weighted by Gasteiger charge is 2.15. The van der Waals surface area contributed by atoms with Crippen LogP contribution in [-0.4, -0.2) is 16.0 Å². The van der Waals surface area contributed by atoms with Crippen LogP contribution in [0.25, 0.3) is 0 Å². The van der Waals surface area contributed by atoms with Crippen LogP contribution in [0.4, 0.5) is 10.5 Å². The molecule has 0 radical (unpaired) electrons. The van der Waals surface area contributed by atoms with Crippen LogP contribution in [0.15, 0.2) is 24.5 Å². The summed E-state index contributed by atoms with van der Waals surface area (Å²) in [5.41, 5.74) is 1.64. The number of hydrogen-bond donors (Lipinski definition) is 2. The monoisotopic (exact) mass is 276 g/mol. The third-order valence-electron chi connectivity index (χ3n) is 2.60. The summed E-state index contributed by atoms with van der Waals surface area (Å²) in [6.45, 7) is 5.86. The average molecular weight is 276 g/mol. The molecule has 1 atom stereocenters. The van der Waals surface area contributed by atoms with Crippen LogP contribution >= 0.6 is 11.3 Å². The molecule has 0 spiro atoms. The highest BCUT2D eigenvalue weighted by atomic mass is 32.1. The molecular formula is C13H16N4OS. The summed E-state index contributed by atoms with van der Waals surface area (Å²) in [6.07, 6.45) is 3.27. The summed E-state index contributed by atoms with van der Waals surface area (Å²) in [5, 5.41) is 6.64. The number of amides is 2. The molecule has 0 saturated carbocycles. The van der Waals surface area contributed by atoms with E-state index in [0.29, 0.717) is 5.69 Å². The molecule has 0 aliphatic carbocycles. The maximum Gasteiger partial charge on any atom is 0.319 e. The van der Waals surface area contributed by atoms with Crippen molar-refractivity contribution in [3.63, 3.8) is 0 Å². The Labute approximate surface area is 116 Å². The molecule has 100 valence electrons. The van der Waals surface area contributed by atoms with Crippen molar-refractivity contribution in [2.75, 3.05) is 5.32 Å². The first-order valence-corrected chi connectivity index (χ1v) is 6.79. The van der Waals surface area contributed by atoms with Crippen LogP contribution in [-0.2, 0) is 0 Å². The lowest BCUT2D eigenvalue weighted by atomic mass is 10.2. The van der Waals surface area contributed by atoms with E-state index >= 15 is 0 Å². The second-order valence-electron chi connectivity index (χ2n) is 4.24. The lowest BCUT2D eigenvalue weighted by Crippen LogP contribution is -2.31. The van der Waals surface area contributed by atoms with Crippen LogP contribution in [0.5, 0.6) is 0 Å². The van der Waals surface area contributed by atoms with Gasteiger partial charge in [-0.15, -0.1) is 11.3 Å². The lowest BCUT2D eigenvalue weighted by molar-refractivity contribution is 0.249. The molecule has 2 amide bonds. The number of thiazole rings is 1. The zero-order valence-electron chi connectivity index (χ0n) is 11.1. The molecule has 2 N–H and O–H groups in total. The lowest BCUT2D eigenvalue weighted by Gasteiger charge is -2.13. The predicted octanol–water partition coefficient (Wildman–Crippen LogP) is 3.04. The van der Waals surface area contributed by atoms with E-state index in [-0.39, 0.29) is 12.1 Å². The van der Waals surface area contributed by atoms with Gasteiger partial charge in [0.25, 0.3) is 0 Å². The van der Waals surface area contributed by atoms with Crippen molar-refractivity contribution >= 4 is 23.1 Å². The Balaban J connectivity index is 1.97. The molecule has 2 aromatic rings. The van der Waals surface area contributed by atoms with E-state index in [2.05, 4.69) is 20.6 Å². The molecule has 0 aromatic carbocycles. The Morgan fingerprint density at radius 3 is 2.79 bits per heavy atom. The van der Waals surface area contributed by atoms with E-state index in [1.165, 1.54) is 0 Å². The van der Waals surface area contributed by atoms with E-state index in [1.807, 2.05) is 20.8 Å². The highest BCUT2D eigenvalue weighted by molar-refractivity contribution is 7.11. The second-order valence-corrected chi connectivity index (χ2v) is 5.48. The maximum absolute atomic E-state index is 11.8. The molecule has 0 aliphatic heterocycles. The molecule has 0 bridgehead atoms. The number of carbonyl (C=O) groups is 1. The molecule has 2 aromatic heterocycles. The minimum absolute atomic E-state index is 0.0668. The van der Waals surface area contributed by atoms with Crippen molar-refractivity contribution < 1.29 is 4.79 Å². The molecule has 19 heavy (non-hydrogen) atoms. The number of anilines is 1. The van der Waals surface area contributed by atoms with E-state index in [4.69, 9.17) is 0 Å². The van der Waals surface area contributed by atoms with Gasteiger partial charge in [0.05, 0.1) is 28.6 Å². The molecule has 5 nitrogen and oxygen atoms in total. The van der Waals surface area contributed by atoms with Crippen LogP contribution in [0.1, 0.15) is 28.5 Å². The second kappa shape index (κ2) is 5.79. The molecule has 6 heteroatoms. The average Bonchev–Trinajstić information content (AvgIpc) is 2.69. The van der Waals surface area contributed by atoms with Gasteiger partial charge >= 0.3 is 6.03 Å². The molecule has 0 unspecified atom stereocenters. The zero-order valence-corrected chi connectivity index (χ0v) is 11.9. The van der Waals surface area contributed by atoms with Crippen molar-refractivity contribution in [2.24, 2.45) is 0 Å². The number of nitrogens with one attached hydrogen (secondary N) is 2. The number of aromatic nitrogens is 2. The van der Waals surface area contributed by atoms with E-state index in [0.717, 1.165) is 15.6 Å². The van der Waals surface area contributed by atoms with Gasteiger partial charge in [-0.2, -0.15) is 0 Å². The number of urea groups is 1. The third kappa shape index (κ3) is 3.51. The third-order valence-corrected chi connectivity index (χ3v) is 3.86. The smallest absolute Gasteiger partial charge is 0.319 e. The Kier molecular flexibility index (Phi) is 4.11. The number of pyridine rings is 1.